The van der Waals surface area contributed by atoms with Gasteiger partial charge in [0.2, 0.25) is 0 Å². The summed E-state index contributed by atoms with van der Waals surface area (Å²) in [5.41, 5.74) is -5.66. The van der Waals surface area contributed by atoms with E-state index < -0.39 is 27.4 Å². The SMILES string of the molecule is C=C(OC)C(=O)OS(=O)(=O)C(F)(F)F. The number of rotatable bonds is 3. The summed E-state index contributed by atoms with van der Waals surface area (Å²) in [5, 5.41) is 0. The lowest BCUT2D eigenvalue weighted by atomic mass is 10.6. The summed E-state index contributed by atoms with van der Waals surface area (Å²) < 4.78 is 62.5. The molecule has 9 heteroatoms. The quantitative estimate of drug-likeness (QED) is 0.308. The van der Waals surface area contributed by atoms with Crippen LogP contribution in [0.4, 0.5) is 13.2 Å². The van der Waals surface area contributed by atoms with Gasteiger partial charge in [-0.3, -0.25) is 0 Å². The van der Waals surface area contributed by atoms with Gasteiger partial charge < -0.3 is 8.92 Å². The van der Waals surface area contributed by atoms with E-state index in [2.05, 4.69) is 15.5 Å². The minimum atomic E-state index is -5.94. The second kappa shape index (κ2) is 3.86. The highest BCUT2D eigenvalue weighted by Gasteiger charge is 2.49. The van der Waals surface area contributed by atoms with Crippen LogP contribution in [0.5, 0.6) is 0 Å². The van der Waals surface area contributed by atoms with Crippen LogP contribution in [0, 0.1) is 0 Å². The first-order chi connectivity index (χ1) is 6.12. The molecule has 0 saturated heterocycles. The zero-order valence-corrected chi connectivity index (χ0v) is 7.61. The Morgan fingerprint density at radius 1 is 1.36 bits per heavy atom. The van der Waals surface area contributed by atoms with Gasteiger partial charge in [0.05, 0.1) is 7.11 Å². The summed E-state index contributed by atoms with van der Waals surface area (Å²) >= 11 is 0. The molecule has 0 fully saturated rings. The van der Waals surface area contributed by atoms with Crippen molar-refractivity contribution >= 4 is 16.1 Å². The summed E-state index contributed by atoms with van der Waals surface area (Å²) in [7, 11) is -5.02. The fraction of sp³-hybridized carbons (Fsp3) is 0.400. The zero-order valence-electron chi connectivity index (χ0n) is 6.79. The van der Waals surface area contributed by atoms with Crippen LogP contribution in [0.25, 0.3) is 0 Å². The van der Waals surface area contributed by atoms with E-state index in [4.69, 9.17) is 0 Å². The highest BCUT2D eigenvalue weighted by atomic mass is 32.2. The third-order valence-electron chi connectivity index (χ3n) is 0.943. The van der Waals surface area contributed by atoms with E-state index in [-0.39, 0.29) is 0 Å². The van der Waals surface area contributed by atoms with Gasteiger partial charge in [0.25, 0.3) is 0 Å². The average Bonchev–Trinajstić information content (AvgIpc) is 2.00. The lowest BCUT2D eigenvalue weighted by Crippen LogP contribution is -2.28. The molecule has 5 nitrogen and oxygen atoms in total. The van der Waals surface area contributed by atoms with Crippen LogP contribution in [0.15, 0.2) is 12.3 Å². The first-order valence-corrected chi connectivity index (χ1v) is 4.30. The Bertz CT molecular complexity index is 341. The van der Waals surface area contributed by atoms with E-state index in [1.807, 2.05) is 0 Å². The number of hydrogen-bond donors (Lipinski definition) is 0. The Hall–Kier alpha value is -1.25. The number of ether oxygens (including phenoxy) is 1. The van der Waals surface area contributed by atoms with Crippen molar-refractivity contribution in [2.45, 2.75) is 5.51 Å². The maximum Gasteiger partial charge on any atom is 0.534 e. The molecule has 0 atom stereocenters. The number of methoxy groups -OCH3 is 1. The fourth-order valence-corrected chi connectivity index (χ4v) is 0.663. The van der Waals surface area contributed by atoms with Gasteiger partial charge in [-0.1, -0.05) is 0 Å². The first-order valence-electron chi connectivity index (χ1n) is 2.90. The number of alkyl halides is 3. The highest BCUT2D eigenvalue weighted by Crippen LogP contribution is 2.25. The third kappa shape index (κ3) is 2.91. The van der Waals surface area contributed by atoms with Gasteiger partial charge in [-0.05, 0) is 6.58 Å². The van der Waals surface area contributed by atoms with Crippen molar-refractivity contribution in [1.82, 2.24) is 0 Å². The van der Waals surface area contributed by atoms with Gasteiger partial charge in [-0.15, -0.1) is 0 Å². The topological polar surface area (TPSA) is 69.7 Å². The summed E-state index contributed by atoms with van der Waals surface area (Å²) in [5.74, 6) is -2.66. The van der Waals surface area contributed by atoms with Crippen molar-refractivity contribution in [1.29, 1.82) is 0 Å². The third-order valence-corrected chi connectivity index (χ3v) is 1.88. The number of halogens is 3. The van der Waals surface area contributed by atoms with Crippen LogP contribution in [-0.2, 0) is 23.8 Å². The summed E-state index contributed by atoms with van der Waals surface area (Å²) in [6.07, 6.45) is 0. The molecule has 82 valence electrons. The lowest BCUT2D eigenvalue weighted by Gasteiger charge is -2.08. The normalized spacial score (nSPS) is 12.0. The molecule has 0 spiro atoms. The highest BCUT2D eigenvalue weighted by molar-refractivity contribution is 7.88. The van der Waals surface area contributed by atoms with E-state index >= 15 is 0 Å². The molecule has 0 heterocycles. The van der Waals surface area contributed by atoms with E-state index in [0.717, 1.165) is 7.11 Å². The Labute approximate surface area is 77.2 Å². The number of hydrogen-bond acceptors (Lipinski definition) is 5. The van der Waals surface area contributed by atoms with Crippen LogP contribution in [0.3, 0.4) is 0 Å². The summed E-state index contributed by atoms with van der Waals surface area (Å²) in [4.78, 5) is 10.5. The van der Waals surface area contributed by atoms with Crippen molar-refractivity contribution in [3.8, 4) is 0 Å². The minimum Gasteiger partial charge on any atom is -0.490 e. The van der Waals surface area contributed by atoms with Crippen LogP contribution in [-0.4, -0.2) is 27.0 Å². The molecule has 0 saturated carbocycles. The van der Waals surface area contributed by atoms with Gasteiger partial charge in [-0.2, -0.15) is 21.6 Å². The largest absolute Gasteiger partial charge is 0.534 e. The van der Waals surface area contributed by atoms with Crippen molar-refractivity contribution in [2.75, 3.05) is 7.11 Å². The van der Waals surface area contributed by atoms with E-state index in [9.17, 15) is 26.4 Å². The maximum absolute atomic E-state index is 11.6. The predicted octanol–water partition coefficient (Wildman–Crippen LogP) is 0.539. The molecule has 0 aliphatic rings. The molecular formula is C5H5F3O5S. The molecule has 0 radical (unpaired) electrons. The standard InChI is InChI=1S/C5H5F3O5S/c1-3(12-2)4(9)13-14(10,11)5(6,7)8/h1H2,2H3. The van der Waals surface area contributed by atoms with Crippen molar-refractivity contribution in [3.63, 3.8) is 0 Å². The van der Waals surface area contributed by atoms with Gasteiger partial charge in [0.15, 0.2) is 5.76 Å². The lowest BCUT2D eigenvalue weighted by molar-refractivity contribution is -0.135. The molecule has 0 rings (SSSR count). The van der Waals surface area contributed by atoms with Crippen LogP contribution in [0.2, 0.25) is 0 Å². The van der Waals surface area contributed by atoms with Gasteiger partial charge in [0, 0.05) is 0 Å². The molecule has 0 aromatic heterocycles. The number of carbonyl (C=O) groups is 1. The van der Waals surface area contributed by atoms with Crippen molar-refractivity contribution in [2.24, 2.45) is 0 Å². The molecule has 0 bridgehead atoms. The Kier molecular flexibility index (Phi) is 3.52. The van der Waals surface area contributed by atoms with Crippen LogP contribution in [0.1, 0.15) is 0 Å². The first kappa shape index (κ1) is 12.8. The van der Waals surface area contributed by atoms with Gasteiger partial charge in [0.1, 0.15) is 0 Å². The van der Waals surface area contributed by atoms with Crippen LogP contribution < -0.4 is 0 Å². The molecule has 0 unspecified atom stereocenters. The van der Waals surface area contributed by atoms with Crippen LogP contribution >= 0.6 is 0 Å². The molecule has 0 aliphatic carbocycles. The van der Waals surface area contributed by atoms with E-state index in [1.54, 1.807) is 0 Å². The molecule has 0 N–H and O–H groups in total. The second-order valence-electron chi connectivity index (χ2n) is 1.90. The molecule has 0 aromatic carbocycles. The minimum absolute atomic E-state index is 0.849. The molecule has 14 heavy (non-hydrogen) atoms. The summed E-state index contributed by atoms with van der Waals surface area (Å²) in [6, 6.07) is 0. The Morgan fingerprint density at radius 3 is 2.07 bits per heavy atom. The fourth-order valence-electron chi connectivity index (χ4n) is 0.277. The van der Waals surface area contributed by atoms with Gasteiger partial charge >= 0.3 is 21.6 Å². The zero-order chi connectivity index (χ0) is 11.6. The molecule has 0 amide bonds. The Balaban J connectivity index is 4.72. The molecular weight excluding hydrogens is 229 g/mol. The second-order valence-corrected chi connectivity index (χ2v) is 3.44. The van der Waals surface area contributed by atoms with Crippen molar-refractivity contribution in [3.05, 3.63) is 12.3 Å². The van der Waals surface area contributed by atoms with Gasteiger partial charge in [-0.25, -0.2) is 4.79 Å². The predicted molar refractivity (Wildman–Crippen MR) is 37.2 cm³/mol. The van der Waals surface area contributed by atoms with E-state index in [1.165, 1.54) is 0 Å². The maximum atomic E-state index is 11.6. The molecule has 0 aliphatic heterocycles. The molecule has 0 aromatic rings. The summed E-state index contributed by atoms with van der Waals surface area (Å²) in [6.45, 7) is 2.81. The van der Waals surface area contributed by atoms with E-state index in [0.29, 0.717) is 0 Å². The monoisotopic (exact) mass is 234 g/mol. The average molecular weight is 234 g/mol. The number of carbonyl (C=O) groups excluding carboxylic acids is 1. The Morgan fingerprint density at radius 2 is 1.79 bits per heavy atom. The van der Waals surface area contributed by atoms with Crippen molar-refractivity contribution < 1.29 is 35.3 Å². The smallest absolute Gasteiger partial charge is 0.490 e.